The number of aryl methyl sites for hydroxylation is 1. The molecule has 4 nitrogen and oxygen atoms in total. The average Bonchev–Trinajstić information content (AvgIpc) is 2.72. The summed E-state index contributed by atoms with van der Waals surface area (Å²) in [6.07, 6.45) is 2.37. The van der Waals surface area contributed by atoms with Crippen LogP contribution in [0.2, 0.25) is 0 Å². The number of halogens is 1. The van der Waals surface area contributed by atoms with E-state index >= 15 is 0 Å². The lowest BCUT2D eigenvalue weighted by Crippen LogP contribution is -2.37. The van der Waals surface area contributed by atoms with E-state index in [2.05, 4.69) is 34.5 Å². The molecular weight excluding hydrogens is 359 g/mol. The Labute approximate surface area is 131 Å². The highest BCUT2D eigenvalue weighted by Gasteiger charge is 2.01. The van der Waals surface area contributed by atoms with Crippen LogP contribution in [0.4, 0.5) is 0 Å². The predicted molar refractivity (Wildman–Crippen MR) is 90.0 cm³/mol. The highest BCUT2D eigenvalue weighted by molar-refractivity contribution is 14.0. The van der Waals surface area contributed by atoms with Gasteiger partial charge in [0.25, 0.3) is 0 Å². The van der Waals surface area contributed by atoms with E-state index < -0.39 is 0 Å². The Morgan fingerprint density at radius 2 is 2.17 bits per heavy atom. The predicted octanol–water partition coefficient (Wildman–Crippen LogP) is 2.92. The Hall–Kier alpha value is -0.370. The second-order valence-electron chi connectivity index (χ2n) is 3.84. The summed E-state index contributed by atoms with van der Waals surface area (Å²) in [5.74, 6) is 0.897. The van der Waals surface area contributed by atoms with Crippen LogP contribution in [0.1, 0.15) is 37.3 Å². The van der Waals surface area contributed by atoms with Crippen molar-refractivity contribution in [3.63, 3.8) is 0 Å². The Kier molecular flexibility index (Phi) is 10.3. The van der Waals surface area contributed by atoms with E-state index in [4.69, 9.17) is 0 Å². The zero-order chi connectivity index (χ0) is 12.5. The molecule has 2 N–H and O–H groups in total. The molecule has 0 fully saturated rings. The normalized spacial score (nSPS) is 10.9. The van der Waals surface area contributed by atoms with Crippen LogP contribution >= 0.6 is 35.3 Å². The number of hydrogen-bond donors (Lipinski definition) is 2. The molecule has 0 aliphatic heterocycles. The zero-order valence-electron chi connectivity index (χ0n) is 11.3. The van der Waals surface area contributed by atoms with Crippen LogP contribution in [0.25, 0.3) is 0 Å². The van der Waals surface area contributed by atoms with Crippen molar-refractivity contribution in [1.82, 2.24) is 15.6 Å². The van der Waals surface area contributed by atoms with E-state index in [0.29, 0.717) is 6.54 Å². The quantitative estimate of drug-likeness (QED) is 0.344. The van der Waals surface area contributed by atoms with Crippen molar-refractivity contribution in [3.8, 4) is 0 Å². The van der Waals surface area contributed by atoms with Crippen molar-refractivity contribution in [2.24, 2.45) is 4.99 Å². The number of hydrogen-bond acceptors (Lipinski definition) is 3. The maximum absolute atomic E-state index is 4.55. The van der Waals surface area contributed by atoms with Crippen LogP contribution in [0, 0.1) is 6.92 Å². The molecule has 1 heterocycles. The van der Waals surface area contributed by atoms with Crippen molar-refractivity contribution in [2.45, 2.75) is 40.2 Å². The number of aromatic nitrogens is 1. The maximum Gasteiger partial charge on any atom is 0.191 e. The molecule has 0 aliphatic carbocycles. The van der Waals surface area contributed by atoms with Gasteiger partial charge >= 0.3 is 0 Å². The van der Waals surface area contributed by atoms with Gasteiger partial charge < -0.3 is 10.6 Å². The van der Waals surface area contributed by atoms with E-state index in [9.17, 15) is 0 Å². The molecule has 6 heteroatoms. The number of rotatable bonds is 6. The SMILES string of the molecule is CCCCNC(=NCc1scnc1C)NCC.I. The van der Waals surface area contributed by atoms with Crippen LogP contribution in [-0.4, -0.2) is 24.0 Å². The van der Waals surface area contributed by atoms with Gasteiger partial charge in [0.2, 0.25) is 0 Å². The van der Waals surface area contributed by atoms with Gasteiger partial charge in [-0.1, -0.05) is 13.3 Å². The fourth-order valence-electron chi connectivity index (χ4n) is 1.35. The van der Waals surface area contributed by atoms with Crippen LogP contribution in [0.15, 0.2) is 10.5 Å². The van der Waals surface area contributed by atoms with Gasteiger partial charge in [0, 0.05) is 18.0 Å². The third kappa shape index (κ3) is 6.53. The molecule has 0 atom stereocenters. The van der Waals surface area contributed by atoms with Crippen molar-refractivity contribution < 1.29 is 0 Å². The monoisotopic (exact) mass is 382 g/mol. The minimum absolute atomic E-state index is 0. The molecule has 0 unspecified atom stereocenters. The average molecular weight is 382 g/mol. The van der Waals surface area contributed by atoms with E-state index in [1.54, 1.807) is 11.3 Å². The topological polar surface area (TPSA) is 49.3 Å². The molecule has 0 radical (unpaired) electrons. The number of aliphatic imine (C=N–C) groups is 1. The van der Waals surface area contributed by atoms with E-state index in [1.165, 1.54) is 17.7 Å². The summed E-state index contributed by atoms with van der Waals surface area (Å²) < 4.78 is 0. The van der Waals surface area contributed by atoms with Crippen molar-refractivity contribution in [2.75, 3.05) is 13.1 Å². The molecule has 104 valence electrons. The Morgan fingerprint density at radius 1 is 1.39 bits per heavy atom. The van der Waals surface area contributed by atoms with Gasteiger partial charge in [-0.25, -0.2) is 9.98 Å². The summed E-state index contributed by atoms with van der Waals surface area (Å²) in [5.41, 5.74) is 2.96. The largest absolute Gasteiger partial charge is 0.357 e. The van der Waals surface area contributed by atoms with Gasteiger partial charge in [0.1, 0.15) is 0 Å². The van der Waals surface area contributed by atoms with Crippen molar-refractivity contribution in [1.29, 1.82) is 0 Å². The first-order valence-corrected chi connectivity index (χ1v) is 7.07. The lowest BCUT2D eigenvalue weighted by atomic mass is 10.3. The first-order valence-electron chi connectivity index (χ1n) is 6.19. The van der Waals surface area contributed by atoms with Crippen molar-refractivity contribution >= 4 is 41.3 Å². The minimum atomic E-state index is 0. The summed E-state index contributed by atoms with van der Waals surface area (Å²) in [5, 5.41) is 6.57. The molecule has 0 aliphatic rings. The molecule has 18 heavy (non-hydrogen) atoms. The minimum Gasteiger partial charge on any atom is -0.357 e. The molecule has 0 saturated carbocycles. The molecule has 0 amide bonds. The molecular formula is C12H23IN4S. The summed E-state index contributed by atoms with van der Waals surface area (Å²) >= 11 is 1.66. The molecule has 0 spiro atoms. The Balaban J connectivity index is 0.00000289. The molecule has 0 aromatic carbocycles. The standard InChI is InChI=1S/C12H22N4S.HI/c1-4-6-7-14-12(13-5-2)15-8-11-10(3)16-9-17-11;/h9H,4-8H2,1-3H3,(H2,13,14,15);1H. The Morgan fingerprint density at radius 3 is 2.72 bits per heavy atom. The van der Waals surface area contributed by atoms with Gasteiger partial charge in [0.15, 0.2) is 5.96 Å². The van der Waals surface area contributed by atoms with Gasteiger partial charge in [0.05, 0.1) is 17.7 Å². The molecule has 1 aromatic rings. The Bertz CT molecular complexity index is 352. The number of nitrogens with one attached hydrogen (secondary N) is 2. The van der Waals surface area contributed by atoms with Gasteiger partial charge in [-0.2, -0.15) is 0 Å². The molecule has 0 bridgehead atoms. The number of thiazole rings is 1. The second-order valence-corrected chi connectivity index (χ2v) is 4.78. The third-order valence-electron chi connectivity index (χ3n) is 2.39. The summed E-state index contributed by atoms with van der Waals surface area (Å²) in [7, 11) is 0. The third-order valence-corrected chi connectivity index (χ3v) is 3.31. The molecule has 1 aromatic heterocycles. The smallest absolute Gasteiger partial charge is 0.191 e. The fraction of sp³-hybridized carbons (Fsp3) is 0.667. The van der Waals surface area contributed by atoms with Crippen LogP contribution in [0.5, 0.6) is 0 Å². The summed E-state index contributed by atoms with van der Waals surface area (Å²) in [4.78, 5) is 10.0. The zero-order valence-corrected chi connectivity index (χ0v) is 14.5. The van der Waals surface area contributed by atoms with E-state index in [0.717, 1.165) is 24.7 Å². The van der Waals surface area contributed by atoms with E-state index in [-0.39, 0.29) is 24.0 Å². The maximum atomic E-state index is 4.55. The number of nitrogens with zero attached hydrogens (tertiary/aromatic N) is 2. The van der Waals surface area contributed by atoms with Gasteiger partial charge in [-0.3, -0.25) is 0 Å². The van der Waals surface area contributed by atoms with Crippen LogP contribution in [-0.2, 0) is 6.54 Å². The summed E-state index contributed by atoms with van der Waals surface area (Å²) in [6.45, 7) is 8.86. The summed E-state index contributed by atoms with van der Waals surface area (Å²) in [6, 6.07) is 0. The highest BCUT2D eigenvalue weighted by atomic mass is 127. The van der Waals surface area contributed by atoms with Gasteiger partial charge in [-0.15, -0.1) is 35.3 Å². The molecule has 0 saturated heterocycles. The van der Waals surface area contributed by atoms with Gasteiger partial charge in [-0.05, 0) is 20.3 Å². The van der Waals surface area contributed by atoms with Crippen LogP contribution < -0.4 is 10.6 Å². The fourth-order valence-corrected chi connectivity index (χ4v) is 2.05. The second kappa shape index (κ2) is 10.5. The first kappa shape index (κ1) is 17.6. The number of guanidine groups is 1. The lowest BCUT2D eigenvalue weighted by Gasteiger charge is -2.10. The highest BCUT2D eigenvalue weighted by Crippen LogP contribution is 2.12. The van der Waals surface area contributed by atoms with Crippen molar-refractivity contribution in [3.05, 3.63) is 16.1 Å². The molecule has 1 rings (SSSR count). The lowest BCUT2D eigenvalue weighted by molar-refractivity contribution is 0.730. The van der Waals surface area contributed by atoms with Crippen LogP contribution in [0.3, 0.4) is 0 Å². The van der Waals surface area contributed by atoms with E-state index in [1.807, 2.05) is 12.4 Å². The number of unbranched alkanes of at least 4 members (excludes halogenated alkanes) is 1. The first-order chi connectivity index (χ1) is 8.27.